The number of benzene rings is 1. The molecule has 0 saturated carbocycles. The number of rotatable bonds is 4. The number of carbonyl (C=O) groups excluding carboxylic acids is 1. The maximum Gasteiger partial charge on any atom is 0.272 e. The van der Waals surface area contributed by atoms with Crippen LogP contribution in [0.2, 0.25) is 5.02 Å². The van der Waals surface area contributed by atoms with Crippen LogP contribution in [-0.4, -0.2) is 22.1 Å². The largest absolute Gasteiger partial charge is 0.344 e. The molecule has 1 amide bonds. The summed E-state index contributed by atoms with van der Waals surface area (Å²) >= 11 is 7.18. The van der Waals surface area contributed by atoms with Crippen molar-refractivity contribution in [3.8, 4) is 0 Å². The maximum absolute atomic E-state index is 13.7. The number of amides is 1. The standard InChI is InChI=1S/C14H12ClF2N3OS/c1-7(9-4-3-8(16)5-11(9)17)19-13(21)12-10(15)6-18-14(20-12)22-2/h3-7H,1-2H3,(H,19,21). The Hall–Kier alpha value is -1.73. The summed E-state index contributed by atoms with van der Waals surface area (Å²) in [6.07, 6.45) is 3.10. The van der Waals surface area contributed by atoms with E-state index in [1.165, 1.54) is 24.0 Å². The molecule has 1 aromatic heterocycles. The Kier molecular flexibility index (Phi) is 5.31. The highest BCUT2D eigenvalue weighted by Gasteiger charge is 2.19. The van der Waals surface area contributed by atoms with Crippen LogP contribution >= 0.6 is 23.4 Å². The molecule has 22 heavy (non-hydrogen) atoms. The fourth-order valence-electron chi connectivity index (χ4n) is 1.80. The molecular formula is C14H12ClF2N3OS. The van der Waals surface area contributed by atoms with E-state index in [9.17, 15) is 13.6 Å². The number of carbonyl (C=O) groups is 1. The minimum Gasteiger partial charge on any atom is -0.344 e. The molecule has 0 saturated heterocycles. The highest BCUT2D eigenvalue weighted by Crippen LogP contribution is 2.20. The van der Waals surface area contributed by atoms with Crippen molar-refractivity contribution in [2.24, 2.45) is 0 Å². The van der Waals surface area contributed by atoms with Crippen molar-refractivity contribution in [3.05, 3.63) is 52.3 Å². The Morgan fingerprint density at radius 3 is 2.77 bits per heavy atom. The molecule has 8 heteroatoms. The summed E-state index contributed by atoms with van der Waals surface area (Å²) in [6, 6.07) is 2.51. The quantitative estimate of drug-likeness (QED) is 0.680. The van der Waals surface area contributed by atoms with E-state index in [0.29, 0.717) is 5.16 Å². The first-order valence-electron chi connectivity index (χ1n) is 6.24. The van der Waals surface area contributed by atoms with E-state index in [0.717, 1.165) is 12.1 Å². The summed E-state index contributed by atoms with van der Waals surface area (Å²) in [6.45, 7) is 1.58. The average Bonchev–Trinajstić information content (AvgIpc) is 2.47. The van der Waals surface area contributed by atoms with Crippen LogP contribution in [0.3, 0.4) is 0 Å². The van der Waals surface area contributed by atoms with E-state index < -0.39 is 23.6 Å². The van der Waals surface area contributed by atoms with Gasteiger partial charge < -0.3 is 5.32 Å². The Morgan fingerprint density at radius 1 is 1.41 bits per heavy atom. The molecule has 0 bridgehead atoms. The predicted molar refractivity (Wildman–Crippen MR) is 81.1 cm³/mol. The fourth-order valence-corrected chi connectivity index (χ4v) is 2.32. The molecule has 116 valence electrons. The third-order valence-corrected chi connectivity index (χ3v) is 3.73. The van der Waals surface area contributed by atoms with Gasteiger partial charge in [0, 0.05) is 11.6 Å². The molecule has 0 aliphatic heterocycles. The summed E-state index contributed by atoms with van der Waals surface area (Å²) in [5.41, 5.74) is 0.181. The topological polar surface area (TPSA) is 54.9 Å². The molecular weight excluding hydrogens is 332 g/mol. The second-order valence-corrected chi connectivity index (χ2v) is 5.59. The van der Waals surface area contributed by atoms with Crippen molar-refractivity contribution in [1.29, 1.82) is 0 Å². The molecule has 1 unspecified atom stereocenters. The van der Waals surface area contributed by atoms with E-state index in [1.807, 2.05) is 0 Å². The van der Waals surface area contributed by atoms with Crippen molar-refractivity contribution in [3.63, 3.8) is 0 Å². The molecule has 0 spiro atoms. The Balaban J connectivity index is 2.21. The van der Waals surface area contributed by atoms with Gasteiger partial charge in [0.05, 0.1) is 17.3 Å². The highest BCUT2D eigenvalue weighted by atomic mass is 35.5. The van der Waals surface area contributed by atoms with Crippen LogP contribution in [0.25, 0.3) is 0 Å². The molecule has 4 nitrogen and oxygen atoms in total. The van der Waals surface area contributed by atoms with E-state index >= 15 is 0 Å². The molecule has 2 rings (SSSR count). The second kappa shape index (κ2) is 7.02. The van der Waals surface area contributed by atoms with E-state index in [1.54, 1.807) is 13.2 Å². The number of thioether (sulfide) groups is 1. The summed E-state index contributed by atoms with van der Waals surface area (Å²) in [7, 11) is 0. The normalized spacial score (nSPS) is 12.0. The fraction of sp³-hybridized carbons (Fsp3) is 0.214. The van der Waals surface area contributed by atoms with Gasteiger partial charge in [-0.3, -0.25) is 4.79 Å². The molecule has 1 N–H and O–H groups in total. The number of nitrogens with zero attached hydrogens (tertiary/aromatic N) is 2. The highest BCUT2D eigenvalue weighted by molar-refractivity contribution is 7.98. The number of hydrogen-bond acceptors (Lipinski definition) is 4. The third-order valence-electron chi connectivity index (χ3n) is 2.90. The van der Waals surface area contributed by atoms with Crippen LogP contribution in [0.15, 0.2) is 29.6 Å². The molecule has 1 aromatic carbocycles. The predicted octanol–water partition coefficient (Wildman–Crippen LogP) is 3.62. The van der Waals surface area contributed by atoms with Gasteiger partial charge >= 0.3 is 0 Å². The average molecular weight is 344 g/mol. The molecule has 0 aliphatic carbocycles. The summed E-state index contributed by atoms with van der Waals surface area (Å²) < 4.78 is 26.6. The van der Waals surface area contributed by atoms with Gasteiger partial charge in [-0.1, -0.05) is 29.4 Å². The van der Waals surface area contributed by atoms with Gasteiger partial charge in [0.1, 0.15) is 11.6 Å². The van der Waals surface area contributed by atoms with Crippen molar-refractivity contribution < 1.29 is 13.6 Å². The lowest BCUT2D eigenvalue weighted by atomic mass is 10.1. The van der Waals surface area contributed by atoms with E-state index in [2.05, 4.69) is 15.3 Å². The number of halogens is 3. The van der Waals surface area contributed by atoms with Crippen molar-refractivity contribution in [2.75, 3.05) is 6.26 Å². The van der Waals surface area contributed by atoms with Crippen LogP contribution in [0.1, 0.15) is 29.0 Å². The summed E-state index contributed by atoms with van der Waals surface area (Å²) in [5, 5.41) is 3.08. The summed E-state index contributed by atoms with van der Waals surface area (Å²) in [5.74, 6) is -1.96. The zero-order valence-corrected chi connectivity index (χ0v) is 13.3. The van der Waals surface area contributed by atoms with Crippen molar-refractivity contribution >= 4 is 29.3 Å². The minimum absolute atomic E-state index is 0.00962. The molecule has 0 aliphatic rings. The van der Waals surface area contributed by atoms with Crippen molar-refractivity contribution in [1.82, 2.24) is 15.3 Å². The third kappa shape index (κ3) is 3.72. The Labute approximate surface area is 135 Å². The molecule has 1 heterocycles. The Bertz CT molecular complexity index is 714. The first-order chi connectivity index (χ1) is 10.4. The number of nitrogens with one attached hydrogen (secondary N) is 1. The van der Waals surface area contributed by atoms with E-state index in [-0.39, 0.29) is 16.3 Å². The zero-order chi connectivity index (χ0) is 16.3. The van der Waals surface area contributed by atoms with Gasteiger partial charge in [-0.05, 0) is 19.2 Å². The van der Waals surface area contributed by atoms with Crippen LogP contribution in [0.5, 0.6) is 0 Å². The van der Waals surface area contributed by atoms with Gasteiger partial charge in [0.2, 0.25) is 0 Å². The molecule has 0 radical (unpaired) electrons. The second-order valence-electron chi connectivity index (χ2n) is 4.41. The van der Waals surface area contributed by atoms with Crippen LogP contribution in [0.4, 0.5) is 8.78 Å². The first-order valence-corrected chi connectivity index (χ1v) is 7.85. The lowest BCUT2D eigenvalue weighted by Gasteiger charge is -2.15. The van der Waals surface area contributed by atoms with Crippen LogP contribution in [-0.2, 0) is 0 Å². The lowest BCUT2D eigenvalue weighted by molar-refractivity contribution is 0.0933. The summed E-state index contributed by atoms with van der Waals surface area (Å²) in [4.78, 5) is 20.2. The maximum atomic E-state index is 13.7. The van der Waals surface area contributed by atoms with Gasteiger partial charge in [0.15, 0.2) is 10.9 Å². The first kappa shape index (κ1) is 16.6. The number of hydrogen-bond donors (Lipinski definition) is 1. The monoisotopic (exact) mass is 343 g/mol. The number of aromatic nitrogens is 2. The minimum atomic E-state index is -0.730. The zero-order valence-electron chi connectivity index (χ0n) is 11.7. The molecule has 1 atom stereocenters. The van der Waals surface area contributed by atoms with Crippen LogP contribution < -0.4 is 5.32 Å². The van der Waals surface area contributed by atoms with Gasteiger partial charge in [-0.25, -0.2) is 18.7 Å². The molecule has 0 fully saturated rings. The smallest absolute Gasteiger partial charge is 0.272 e. The molecule has 2 aromatic rings. The van der Waals surface area contributed by atoms with Gasteiger partial charge in [0.25, 0.3) is 5.91 Å². The lowest BCUT2D eigenvalue weighted by Crippen LogP contribution is -2.28. The SMILES string of the molecule is CSc1ncc(Cl)c(C(=O)NC(C)c2ccc(F)cc2F)n1. The van der Waals surface area contributed by atoms with Crippen molar-refractivity contribution in [2.45, 2.75) is 18.1 Å². The van der Waals surface area contributed by atoms with Gasteiger partial charge in [-0.2, -0.15) is 0 Å². The Morgan fingerprint density at radius 2 is 2.14 bits per heavy atom. The van der Waals surface area contributed by atoms with E-state index in [4.69, 9.17) is 11.6 Å². The van der Waals surface area contributed by atoms with Crippen LogP contribution in [0, 0.1) is 11.6 Å². The van der Waals surface area contributed by atoms with Gasteiger partial charge in [-0.15, -0.1) is 0 Å².